The van der Waals surface area contributed by atoms with E-state index in [9.17, 15) is 13.0 Å². The molecule has 1 N–H and O–H groups in total. The molecular formula is C36H31N3O3S. The number of rotatable bonds is 1. The molecule has 3 aromatic heterocycles. The highest BCUT2D eigenvalue weighted by atomic mass is 32.2. The fourth-order valence-electron chi connectivity index (χ4n) is 6.77. The van der Waals surface area contributed by atoms with Crippen LogP contribution in [0.3, 0.4) is 0 Å². The number of hydrogen-bond acceptors (Lipinski definition) is 4. The Bertz CT molecular complexity index is 2520. The lowest BCUT2D eigenvalue weighted by molar-refractivity contribution is -0.583. The van der Waals surface area contributed by atoms with Crippen LogP contribution in [-0.4, -0.2) is 23.1 Å². The standard InChI is InChI=1S/C27H19N3.C9H12O3S/c1-14-10-21-22(11-15(14)2)28-23-12-16(3)30-24(26(21)23)13-20-18-8-4-6-17-7-5-9-19(25(17)18)27(20)29-30;1-6-4-7(2)9(8(3)5-6)13(10,11)12/h4-13H,1-3H3;4-5H,1-3H3,(H,10,11,12). The number of nitrogens with one attached hydrogen (secondary N) is 1. The zero-order valence-electron chi connectivity index (χ0n) is 25.0. The Labute approximate surface area is 249 Å². The van der Waals surface area contributed by atoms with Gasteiger partial charge in [0.05, 0.1) is 21.3 Å². The van der Waals surface area contributed by atoms with E-state index in [0.29, 0.717) is 11.1 Å². The molecule has 6 nitrogen and oxygen atoms in total. The van der Waals surface area contributed by atoms with E-state index in [1.165, 1.54) is 59.9 Å². The maximum absolute atomic E-state index is 10.8. The third kappa shape index (κ3) is 4.22. The van der Waals surface area contributed by atoms with Crippen LogP contribution in [0.25, 0.3) is 59.8 Å². The topological polar surface area (TPSA) is 90.0 Å². The van der Waals surface area contributed by atoms with E-state index in [4.69, 9.17) is 4.98 Å². The summed E-state index contributed by atoms with van der Waals surface area (Å²) in [6.07, 6.45) is 0. The monoisotopic (exact) mass is 585 g/mol. The van der Waals surface area contributed by atoms with Crippen LogP contribution in [0.4, 0.5) is 0 Å². The second kappa shape index (κ2) is 9.46. The number of H-pyrrole nitrogens is 1. The van der Waals surface area contributed by atoms with Gasteiger partial charge >= 0.3 is 0 Å². The predicted octanol–water partition coefficient (Wildman–Crippen LogP) is 7.79. The van der Waals surface area contributed by atoms with Gasteiger partial charge in [-0.2, -0.15) is 5.10 Å². The van der Waals surface area contributed by atoms with Crippen molar-refractivity contribution in [2.45, 2.75) is 46.4 Å². The van der Waals surface area contributed by atoms with Crippen molar-refractivity contribution in [1.29, 1.82) is 0 Å². The van der Waals surface area contributed by atoms with E-state index in [1.54, 1.807) is 26.0 Å². The normalized spacial score (nSPS) is 12.3. The number of aromatic nitrogens is 3. The van der Waals surface area contributed by atoms with Crippen molar-refractivity contribution in [3.63, 3.8) is 0 Å². The van der Waals surface area contributed by atoms with Crippen LogP contribution >= 0.6 is 0 Å². The van der Waals surface area contributed by atoms with Crippen LogP contribution in [0, 0.1) is 41.5 Å². The van der Waals surface area contributed by atoms with E-state index in [2.05, 4.69) is 91.0 Å². The van der Waals surface area contributed by atoms with Crippen molar-refractivity contribution in [1.82, 2.24) is 10.1 Å². The van der Waals surface area contributed by atoms with Crippen molar-refractivity contribution in [3.8, 4) is 0 Å². The minimum atomic E-state index is -4.33. The van der Waals surface area contributed by atoms with Gasteiger partial charge in [0.1, 0.15) is 15.6 Å². The first kappa shape index (κ1) is 27.3. The lowest BCUT2D eigenvalue weighted by Crippen LogP contribution is -2.30. The first-order valence-corrected chi connectivity index (χ1v) is 15.7. The molecule has 3 heterocycles. The number of hydrogen-bond donors (Lipinski definition) is 1. The van der Waals surface area contributed by atoms with Gasteiger partial charge in [-0.05, 0) is 85.2 Å². The maximum Gasteiger partial charge on any atom is 0.246 e. The lowest BCUT2D eigenvalue weighted by Gasteiger charge is -2.14. The van der Waals surface area contributed by atoms with Gasteiger partial charge in [-0.15, -0.1) is 0 Å². The van der Waals surface area contributed by atoms with Crippen molar-refractivity contribution in [2.75, 3.05) is 0 Å². The predicted molar refractivity (Wildman–Crippen MR) is 173 cm³/mol. The zero-order valence-corrected chi connectivity index (χ0v) is 25.8. The Hall–Kier alpha value is -4.59. The Balaban J connectivity index is 0.000000196. The minimum absolute atomic E-state index is 0.0851. The quantitative estimate of drug-likeness (QED) is 0.157. The summed E-state index contributed by atoms with van der Waals surface area (Å²) in [5, 5.41) is 12.7. The third-order valence-electron chi connectivity index (χ3n) is 8.67. The molecule has 7 heteroatoms. The number of benzene rings is 4. The summed E-state index contributed by atoms with van der Waals surface area (Å²) in [7, 11) is -4.33. The van der Waals surface area contributed by atoms with Crippen molar-refractivity contribution in [2.24, 2.45) is 0 Å². The SMILES string of the molecule is Cc1cc(C)c(S(=O)(=O)[O-])c(C)c1.Cc1cc2nc3cc(C)[n+]4[nH]c5c(cc4c3c2cc1C)c1cccc2cccc5c21. The lowest BCUT2D eigenvalue weighted by atomic mass is 10.0. The molecule has 0 saturated heterocycles. The summed E-state index contributed by atoms with van der Waals surface area (Å²) >= 11 is 0. The Morgan fingerprint density at radius 1 is 0.674 bits per heavy atom. The second-order valence-corrected chi connectivity index (χ2v) is 13.1. The Morgan fingerprint density at radius 3 is 2.00 bits per heavy atom. The molecule has 0 saturated carbocycles. The van der Waals surface area contributed by atoms with Gasteiger partial charge in [-0.25, -0.2) is 13.4 Å². The summed E-state index contributed by atoms with van der Waals surface area (Å²) in [4.78, 5) is 4.89. The molecule has 0 bridgehead atoms. The largest absolute Gasteiger partial charge is 0.744 e. The first-order valence-electron chi connectivity index (χ1n) is 14.3. The van der Waals surface area contributed by atoms with Crippen LogP contribution in [0.5, 0.6) is 0 Å². The summed E-state index contributed by atoms with van der Waals surface area (Å²) in [5.41, 5.74) is 10.3. The van der Waals surface area contributed by atoms with E-state index >= 15 is 0 Å². The van der Waals surface area contributed by atoms with Crippen LogP contribution in [-0.2, 0) is 10.1 Å². The van der Waals surface area contributed by atoms with Crippen molar-refractivity contribution in [3.05, 3.63) is 106 Å². The Morgan fingerprint density at radius 2 is 1.33 bits per heavy atom. The fourth-order valence-corrected chi connectivity index (χ4v) is 7.68. The molecule has 0 spiro atoms. The highest BCUT2D eigenvalue weighted by molar-refractivity contribution is 7.85. The smallest absolute Gasteiger partial charge is 0.246 e. The summed E-state index contributed by atoms with van der Waals surface area (Å²) < 4.78 is 34.7. The third-order valence-corrected chi connectivity index (χ3v) is 9.81. The average Bonchev–Trinajstić information content (AvgIpc) is 3.43. The van der Waals surface area contributed by atoms with Gasteiger partial charge in [0.15, 0.2) is 0 Å². The van der Waals surface area contributed by atoms with Gasteiger partial charge in [0.25, 0.3) is 0 Å². The van der Waals surface area contributed by atoms with Crippen LogP contribution in [0.1, 0.15) is 33.5 Å². The van der Waals surface area contributed by atoms with Crippen LogP contribution in [0.15, 0.2) is 77.7 Å². The number of nitrogens with zero attached hydrogens (tertiary/aromatic N) is 2. The van der Waals surface area contributed by atoms with Crippen molar-refractivity contribution >= 4 is 69.9 Å². The molecule has 0 fully saturated rings. The van der Waals surface area contributed by atoms with E-state index in [0.717, 1.165) is 22.3 Å². The van der Waals surface area contributed by atoms with Crippen molar-refractivity contribution < 1.29 is 17.5 Å². The van der Waals surface area contributed by atoms with Gasteiger partial charge < -0.3 is 4.55 Å². The van der Waals surface area contributed by atoms with Crippen LogP contribution < -0.4 is 4.52 Å². The molecule has 0 aliphatic carbocycles. The minimum Gasteiger partial charge on any atom is -0.744 e. The first-order chi connectivity index (χ1) is 20.4. The summed E-state index contributed by atoms with van der Waals surface area (Å²) in [5.74, 6) is 0. The van der Waals surface area contributed by atoms with E-state index < -0.39 is 10.1 Å². The highest BCUT2D eigenvalue weighted by Crippen LogP contribution is 2.38. The molecule has 0 atom stereocenters. The van der Waals surface area contributed by atoms with Gasteiger partial charge in [-0.1, -0.05) is 58.6 Å². The Kier molecular flexibility index (Phi) is 6.00. The fraction of sp³-hybridized carbons (Fsp3) is 0.167. The summed E-state index contributed by atoms with van der Waals surface area (Å²) in [6.45, 7) is 11.6. The molecule has 5 aromatic carbocycles. The van der Waals surface area contributed by atoms with Crippen LogP contribution in [0.2, 0.25) is 0 Å². The van der Waals surface area contributed by atoms with Gasteiger partial charge in [0.2, 0.25) is 11.2 Å². The molecule has 0 radical (unpaired) electrons. The highest BCUT2D eigenvalue weighted by Gasteiger charge is 2.22. The zero-order chi connectivity index (χ0) is 30.4. The molecule has 43 heavy (non-hydrogen) atoms. The molecule has 214 valence electrons. The van der Waals surface area contributed by atoms with Gasteiger partial charge in [0, 0.05) is 35.2 Å². The van der Waals surface area contributed by atoms with Gasteiger partial charge in [-0.3, -0.25) is 0 Å². The number of aromatic amines is 1. The number of fused-ring (bicyclic) bond motifs is 8. The second-order valence-electron chi connectivity index (χ2n) is 11.8. The number of aryl methyl sites for hydroxylation is 6. The van der Waals surface area contributed by atoms with E-state index in [1.807, 2.05) is 6.92 Å². The molecule has 0 unspecified atom stereocenters. The number of pyridine rings is 1. The molecular weight excluding hydrogens is 554 g/mol. The summed E-state index contributed by atoms with van der Waals surface area (Å²) in [6, 6.07) is 25.6. The molecule has 0 aliphatic heterocycles. The molecule has 8 aromatic rings. The molecule has 8 rings (SSSR count). The van der Waals surface area contributed by atoms with E-state index in [-0.39, 0.29) is 4.90 Å². The molecule has 0 aliphatic rings. The maximum atomic E-state index is 10.8. The average molecular weight is 586 g/mol. The molecule has 0 amide bonds.